The van der Waals surface area contributed by atoms with Crippen LogP contribution in [0.25, 0.3) is 0 Å². The van der Waals surface area contributed by atoms with Crippen molar-refractivity contribution < 1.29 is 15.5 Å². The van der Waals surface area contributed by atoms with Gasteiger partial charge in [0.05, 0.1) is 0 Å². The molecule has 1 rings (SSSR count). The van der Waals surface area contributed by atoms with Gasteiger partial charge in [0.25, 0.3) is 0 Å². The molecular formula is C4H6BCaN2O3. The van der Waals surface area contributed by atoms with Crippen molar-refractivity contribution in [2.45, 2.75) is 0 Å². The van der Waals surface area contributed by atoms with Crippen LogP contribution in [-0.2, 0) is 0 Å². The molecule has 0 unspecified atom stereocenters. The van der Waals surface area contributed by atoms with E-state index < -0.39 is 7.69 Å². The third kappa shape index (κ3) is 17.9. The largest absolute Gasteiger partial charge is 2.00 e. The quantitative estimate of drug-likeness (QED) is 0.387. The summed E-state index contributed by atoms with van der Waals surface area (Å²) in [7, 11) is -0.500. The van der Waals surface area contributed by atoms with Crippen LogP contribution in [0.3, 0.4) is 0 Å². The summed E-state index contributed by atoms with van der Waals surface area (Å²) in [5.41, 5.74) is 0. The van der Waals surface area contributed by atoms with Crippen LogP contribution in [0.15, 0.2) is 24.8 Å². The Morgan fingerprint density at radius 2 is 1.09 bits per heavy atom. The van der Waals surface area contributed by atoms with Crippen molar-refractivity contribution in [1.29, 1.82) is 0 Å². The van der Waals surface area contributed by atoms with E-state index in [0.717, 1.165) is 0 Å². The molecule has 2 N–H and O–H groups in total. The van der Waals surface area contributed by atoms with Crippen LogP contribution >= 0.6 is 0 Å². The van der Waals surface area contributed by atoms with Crippen LogP contribution in [-0.4, -0.2) is 60.9 Å². The minimum Gasteiger partial charge on any atom is -0.900 e. The molecule has 0 aromatic carbocycles. The zero-order valence-electron chi connectivity index (χ0n) is 5.80. The third-order valence-corrected chi connectivity index (χ3v) is 0.478. The van der Waals surface area contributed by atoms with E-state index in [1.54, 1.807) is 24.8 Å². The SMILES string of the molecule is O.[Ca+2].[O-][B][O-].c1cnccn1. The van der Waals surface area contributed by atoms with E-state index in [1.807, 2.05) is 0 Å². The maximum atomic E-state index is 8.25. The first-order valence-corrected chi connectivity index (χ1v) is 2.17. The summed E-state index contributed by atoms with van der Waals surface area (Å²) in [6, 6.07) is 0. The first-order valence-electron chi connectivity index (χ1n) is 2.17. The van der Waals surface area contributed by atoms with Crippen LogP contribution in [0.2, 0.25) is 0 Å². The van der Waals surface area contributed by atoms with Crippen molar-refractivity contribution in [3.05, 3.63) is 24.8 Å². The minimum absolute atomic E-state index is 0. The Balaban J connectivity index is -0.000000116. The minimum atomic E-state index is -0.500. The van der Waals surface area contributed by atoms with Crippen LogP contribution < -0.4 is 10.0 Å². The van der Waals surface area contributed by atoms with Gasteiger partial charge in [0.2, 0.25) is 0 Å². The molecule has 0 aliphatic heterocycles. The van der Waals surface area contributed by atoms with Gasteiger partial charge in [0.1, 0.15) is 0 Å². The Hall–Kier alpha value is 0.285. The molecule has 5 nitrogen and oxygen atoms in total. The normalized spacial score (nSPS) is 5.64. The summed E-state index contributed by atoms with van der Waals surface area (Å²) in [5.74, 6) is 0. The first kappa shape index (κ1) is 17.4. The Labute approximate surface area is 95.1 Å². The molecule has 1 radical (unpaired) electrons. The molecule has 0 saturated heterocycles. The predicted molar refractivity (Wildman–Crippen MR) is 37.2 cm³/mol. The molecular weight excluding hydrogens is 175 g/mol. The van der Waals surface area contributed by atoms with Crippen LogP contribution in [0.5, 0.6) is 0 Å². The van der Waals surface area contributed by atoms with Gasteiger partial charge in [-0.05, 0) is 0 Å². The van der Waals surface area contributed by atoms with E-state index in [4.69, 9.17) is 10.0 Å². The van der Waals surface area contributed by atoms with Crippen molar-refractivity contribution in [2.75, 3.05) is 0 Å². The van der Waals surface area contributed by atoms with E-state index >= 15 is 0 Å². The average molecular weight is 181 g/mol. The molecule has 0 fully saturated rings. The van der Waals surface area contributed by atoms with Gasteiger partial charge >= 0.3 is 37.7 Å². The second kappa shape index (κ2) is 16.7. The van der Waals surface area contributed by atoms with Gasteiger partial charge in [-0.15, -0.1) is 0 Å². The van der Waals surface area contributed by atoms with Crippen molar-refractivity contribution in [3.63, 3.8) is 0 Å². The summed E-state index contributed by atoms with van der Waals surface area (Å²) in [6.07, 6.45) is 6.56. The van der Waals surface area contributed by atoms with Crippen LogP contribution in [0.1, 0.15) is 0 Å². The number of hydrogen-bond donors (Lipinski definition) is 0. The third-order valence-electron chi connectivity index (χ3n) is 0.478. The average Bonchev–Trinajstić information content (AvgIpc) is 1.93. The molecule has 11 heavy (non-hydrogen) atoms. The van der Waals surface area contributed by atoms with E-state index in [2.05, 4.69) is 9.97 Å². The maximum Gasteiger partial charge on any atom is 2.00 e. The van der Waals surface area contributed by atoms with Gasteiger partial charge in [-0.25, -0.2) is 7.69 Å². The second-order valence-electron chi connectivity index (χ2n) is 0.991. The van der Waals surface area contributed by atoms with Gasteiger partial charge in [0.15, 0.2) is 0 Å². The molecule has 1 heterocycles. The second-order valence-corrected chi connectivity index (χ2v) is 0.991. The maximum absolute atomic E-state index is 8.25. The topological polar surface area (TPSA) is 103 Å². The molecule has 0 saturated carbocycles. The monoisotopic (exact) mass is 181 g/mol. The summed E-state index contributed by atoms with van der Waals surface area (Å²) < 4.78 is 0. The molecule has 0 spiro atoms. The molecule has 0 atom stereocenters. The standard InChI is InChI=1S/C4H4N2.BO2.Ca.H2O/c1-2-6-4-3-5-1;2-1-3;;/h1-4H;;;1H2/q;-2;+2;. The summed E-state index contributed by atoms with van der Waals surface area (Å²) in [4.78, 5) is 7.44. The Kier molecular flexibility index (Phi) is 26.4. The molecule has 0 bridgehead atoms. The number of nitrogens with zero attached hydrogens (tertiary/aromatic N) is 2. The zero-order chi connectivity index (χ0) is 6.95. The zero-order valence-corrected chi connectivity index (χ0v) is 8.01. The van der Waals surface area contributed by atoms with E-state index in [-0.39, 0.29) is 43.2 Å². The Morgan fingerprint density at radius 1 is 0.909 bits per heavy atom. The first-order chi connectivity index (χ1) is 4.41. The summed E-state index contributed by atoms with van der Waals surface area (Å²) in [5, 5.41) is 16.5. The molecule has 0 aliphatic carbocycles. The van der Waals surface area contributed by atoms with Gasteiger partial charge < -0.3 is 15.5 Å². The molecule has 1 aromatic rings. The van der Waals surface area contributed by atoms with Crippen LogP contribution in [0.4, 0.5) is 0 Å². The van der Waals surface area contributed by atoms with E-state index in [0.29, 0.717) is 0 Å². The fourth-order valence-corrected chi connectivity index (χ4v) is 0.253. The predicted octanol–water partition coefficient (Wildman–Crippen LogP) is -3.49. The smallest absolute Gasteiger partial charge is 0.900 e. The fourth-order valence-electron chi connectivity index (χ4n) is 0.253. The van der Waals surface area contributed by atoms with Crippen molar-refractivity contribution in [3.8, 4) is 0 Å². The Bertz CT molecular complexity index is 106. The van der Waals surface area contributed by atoms with Gasteiger partial charge in [-0.2, -0.15) is 0 Å². The van der Waals surface area contributed by atoms with Crippen molar-refractivity contribution >= 4 is 45.4 Å². The van der Waals surface area contributed by atoms with E-state index in [9.17, 15) is 0 Å². The molecule has 0 amide bonds. The summed E-state index contributed by atoms with van der Waals surface area (Å²) >= 11 is 0. The molecule has 1 aromatic heterocycles. The molecule has 55 valence electrons. The van der Waals surface area contributed by atoms with Gasteiger partial charge in [-0.1, -0.05) is 0 Å². The van der Waals surface area contributed by atoms with Gasteiger partial charge in [0, 0.05) is 24.8 Å². The van der Waals surface area contributed by atoms with Crippen molar-refractivity contribution in [1.82, 2.24) is 9.97 Å². The van der Waals surface area contributed by atoms with Gasteiger partial charge in [-0.3, -0.25) is 9.97 Å². The summed E-state index contributed by atoms with van der Waals surface area (Å²) in [6.45, 7) is 0. The number of aromatic nitrogens is 2. The molecule has 0 aliphatic rings. The number of hydrogen-bond acceptors (Lipinski definition) is 4. The van der Waals surface area contributed by atoms with Crippen LogP contribution in [0, 0.1) is 0 Å². The van der Waals surface area contributed by atoms with Crippen molar-refractivity contribution in [2.24, 2.45) is 0 Å². The Morgan fingerprint density at radius 3 is 1.18 bits per heavy atom. The fraction of sp³-hybridized carbons (Fsp3) is 0. The molecule has 7 heteroatoms. The number of rotatable bonds is 0. The van der Waals surface area contributed by atoms with E-state index in [1.165, 1.54) is 0 Å².